The van der Waals surface area contributed by atoms with Crippen LogP contribution in [0.1, 0.15) is 6.92 Å². The second kappa shape index (κ2) is 5.56. The Bertz CT molecular complexity index is 388. The van der Waals surface area contributed by atoms with Crippen LogP contribution in [0.4, 0.5) is 4.39 Å². The van der Waals surface area contributed by atoms with E-state index in [0.717, 1.165) is 0 Å². The van der Waals surface area contributed by atoms with Crippen molar-refractivity contribution in [3.05, 3.63) is 41.7 Å². The molecule has 4 heteroatoms. The summed E-state index contributed by atoms with van der Waals surface area (Å²) in [6.07, 6.45) is 1.57. The lowest BCUT2D eigenvalue weighted by Gasteiger charge is -1.99. The number of rotatable bonds is 4. The van der Waals surface area contributed by atoms with Gasteiger partial charge in [-0.15, -0.1) is 11.8 Å². The van der Waals surface area contributed by atoms with Gasteiger partial charge < -0.3 is 5.11 Å². The quantitative estimate of drug-likeness (QED) is 0.633. The first-order chi connectivity index (χ1) is 7.11. The van der Waals surface area contributed by atoms with Crippen molar-refractivity contribution in [3.8, 4) is 0 Å². The summed E-state index contributed by atoms with van der Waals surface area (Å²) in [5.41, 5.74) is 0.277. The number of carbonyl (C=O) groups is 1. The standard InChI is InChI=1S/C11H11FO2S/c1-8(11(13)14)6-7-15-10-5-3-2-4-9(10)12/h2-6H,7H2,1H3,(H,13,14). The maximum Gasteiger partial charge on any atom is 0.330 e. The molecule has 0 aromatic heterocycles. The topological polar surface area (TPSA) is 37.3 Å². The number of hydrogen-bond acceptors (Lipinski definition) is 2. The zero-order valence-electron chi connectivity index (χ0n) is 8.24. The summed E-state index contributed by atoms with van der Waals surface area (Å²) in [6, 6.07) is 6.43. The number of hydrogen-bond donors (Lipinski definition) is 1. The first kappa shape index (κ1) is 11.8. The van der Waals surface area contributed by atoms with Crippen molar-refractivity contribution in [2.45, 2.75) is 11.8 Å². The lowest BCUT2D eigenvalue weighted by Crippen LogP contribution is -1.96. The lowest BCUT2D eigenvalue weighted by molar-refractivity contribution is -0.132. The number of aliphatic carboxylic acids is 1. The molecule has 1 aromatic rings. The molecule has 0 amide bonds. The normalized spacial score (nSPS) is 11.5. The summed E-state index contributed by atoms with van der Waals surface area (Å²) in [6.45, 7) is 1.52. The Balaban J connectivity index is 2.55. The van der Waals surface area contributed by atoms with Crippen molar-refractivity contribution in [2.75, 3.05) is 5.75 Å². The van der Waals surface area contributed by atoms with E-state index in [1.165, 1.54) is 24.8 Å². The van der Waals surface area contributed by atoms with Crippen LogP contribution in [-0.2, 0) is 4.79 Å². The lowest BCUT2D eigenvalue weighted by atomic mass is 10.3. The fourth-order valence-corrected chi connectivity index (χ4v) is 1.80. The van der Waals surface area contributed by atoms with E-state index in [2.05, 4.69) is 0 Å². The van der Waals surface area contributed by atoms with Gasteiger partial charge in [-0.3, -0.25) is 0 Å². The van der Waals surface area contributed by atoms with E-state index < -0.39 is 5.97 Å². The number of carboxylic acid groups (broad SMARTS) is 1. The molecule has 15 heavy (non-hydrogen) atoms. The molecule has 0 heterocycles. The monoisotopic (exact) mass is 226 g/mol. The van der Waals surface area contributed by atoms with Gasteiger partial charge in [-0.1, -0.05) is 18.2 Å². The van der Waals surface area contributed by atoms with Crippen LogP contribution in [0, 0.1) is 5.82 Å². The first-order valence-corrected chi connectivity index (χ1v) is 5.37. The maximum atomic E-state index is 13.1. The summed E-state index contributed by atoms with van der Waals surface area (Å²) < 4.78 is 13.1. The van der Waals surface area contributed by atoms with Crippen molar-refractivity contribution in [2.24, 2.45) is 0 Å². The Kier molecular flexibility index (Phi) is 4.37. The Labute approximate surface area is 91.8 Å². The minimum atomic E-state index is -0.941. The molecule has 0 unspecified atom stereocenters. The average Bonchev–Trinajstić information content (AvgIpc) is 2.20. The number of halogens is 1. The van der Waals surface area contributed by atoms with Crippen molar-refractivity contribution >= 4 is 17.7 Å². The SMILES string of the molecule is CC(=CCSc1ccccc1F)C(=O)O. The predicted octanol–water partition coefficient (Wildman–Crippen LogP) is 2.95. The first-order valence-electron chi connectivity index (χ1n) is 4.38. The Morgan fingerprint density at radius 1 is 1.53 bits per heavy atom. The van der Waals surface area contributed by atoms with Crippen LogP contribution in [0.3, 0.4) is 0 Å². The summed E-state index contributed by atoms with van der Waals surface area (Å²) in [4.78, 5) is 11.0. The van der Waals surface area contributed by atoms with Crippen LogP contribution >= 0.6 is 11.8 Å². The molecule has 0 saturated carbocycles. The van der Waals surface area contributed by atoms with Gasteiger partial charge in [0.1, 0.15) is 5.82 Å². The molecule has 1 N–H and O–H groups in total. The van der Waals surface area contributed by atoms with Crippen molar-refractivity contribution in [1.29, 1.82) is 0 Å². The summed E-state index contributed by atoms with van der Waals surface area (Å²) >= 11 is 1.28. The molecule has 2 nitrogen and oxygen atoms in total. The molecule has 1 aromatic carbocycles. The molecule has 0 saturated heterocycles. The fourth-order valence-electron chi connectivity index (χ4n) is 0.906. The number of benzene rings is 1. The zero-order valence-corrected chi connectivity index (χ0v) is 9.05. The third-order valence-corrected chi connectivity index (χ3v) is 2.78. The molecule has 0 aliphatic rings. The summed E-state index contributed by atoms with van der Waals surface area (Å²) in [5.74, 6) is -0.757. The number of thioether (sulfide) groups is 1. The molecule has 0 aliphatic heterocycles. The zero-order chi connectivity index (χ0) is 11.3. The van der Waals surface area contributed by atoms with E-state index in [1.54, 1.807) is 24.3 Å². The van der Waals surface area contributed by atoms with Gasteiger partial charge in [-0.2, -0.15) is 0 Å². The van der Waals surface area contributed by atoms with Crippen LogP contribution in [0.5, 0.6) is 0 Å². The number of carboxylic acids is 1. The Morgan fingerprint density at radius 3 is 2.80 bits per heavy atom. The van der Waals surface area contributed by atoms with Crippen molar-refractivity contribution in [1.82, 2.24) is 0 Å². The van der Waals surface area contributed by atoms with Gasteiger partial charge in [0.2, 0.25) is 0 Å². The molecule has 0 radical (unpaired) electrons. The van der Waals surface area contributed by atoms with Gasteiger partial charge >= 0.3 is 5.97 Å². The molecular formula is C11H11FO2S. The molecule has 80 valence electrons. The second-order valence-corrected chi connectivity index (χ2v) is 4.00. The maximum absolute atomic E-state index is 13.1. The fraction of sp³-hybridized carbons (Fsp3) is 0.182. The highest BCUT2D eigenvalue weighted by Gasteiger charge is 2.01. The largest absolute Gasteiger partial charge is 0.478 e. The highest BCUT2D eigenvalue weighted by Crippen LogP contribution is 2.21. The minimum Gasteiger partial charge on any atom is -0.478 e. The van der Waals surface area contributed by atoms with Crippen LogP contribution in [0.15, 0.2) is 40.8 Å². The summed E-state index contributed by atoms with van der Waals surface area (Å²) in [5, 5.41) is 8.58. The highest BCUT2D eigenvalue weighted by molar-refractivity contribution is 7.99. The van der Waals surface area contributed by atoms with Gasteiger partial charge in [0.05, 0.1) is 0 Å². The second-order valence-electron chi connectivity index (χ2n) is 2.93. The van der Waals surface area contributed by atoms with E-state index >= 15 is 0 Å². The van der Waals surface area contributed by atoms with E-state index in [1.807, 2.05) is 0 Å². The Hall–Kier alpha value is -1.29. The average molecular weight is 226 g/mol. The van der Waals surface area contributed by atoms with E-state index in [4.69, 9.17) is 5.11 Å². The molecule has 0 bridgehead atoms. The third-order valence-electron chi connectivity index (χ3n) is 1.80. The predicted molar refractivity (Wildman–Crippen MR) is 58.5 cm³/mol. The molecule has 0 atom stereocenters. The molecule has 1 rings (SSSR count). The van der Waals surface area contributed by atoms with Crippen LogP contribution in [-0.4, -0.2) is 16.8 Å². The molecule has 0 fully saturated rings. The smallest absolute Gasteiger partial charge is 0.330 e. The van der Waals surface area contributed by atoms with E-state index in [0.29, 0.717) is 10.6 Å². The van der Waals surface area contributed by atoms with Gasteiger partial charge in [0.25, 0.3) is 0 Å². The van der Waals surface area contributed by atoms with Gasteiger partial charge in [0.15, 0.2) is 0 Å². The van der Waals surface area contributed by atoms with Gasteiger partial charge in [-0.05, 0) is 19.1 Å². The third kappa shape index (κ3) is 3.75. The van der Waals surface area contributed by atoms with E-state index in [9.17, 15) is 9.18 Å². The van der Waals surface area contributed by atoms with Crippen LogP contribution in [0.25, 0.3) is 0 Å². The van der Waals surface area contributed by atoms with Crippen molar-refractivity contribution in [3.63, 3.8) is 0 Å². The summed E-state index contributed by atoms with van der Waals surface area (Å²) in [7, 11) is 0. The Morgan fingerprint density at radius 2 is 2.20 bits per heavy atom. The van der Waals surface area contributed by atoms with Crippen molar-refractivity contribution < 1.29 is 14.3 Å². The highest BCUT2D eigenvalue weighted by atomic mass is 32.2. The van der Waals surface area contributed by atoms with Gasteiger partial charge in [0, 0.05) is 16.2 Å². The van der Waals surface area contributed by atoms with Crippen LogP contribution < -0.4 is 0 Å². The van der Waals surface area contributed by atoms with Gasteiger partial charge in [-0.25, -0.2) is 9.18 Å². The van der Waals surface area contributed by atoms with E-state index in [-0.39, 0.29) is 11.4 Å². The molecule has 0 spiro atoms. The van der Waals surface area contributed by atoms with Crippen LogP contribution in [0.2, 0.25) is 0 Å². The molecule has 0 aliphatic carbocycles. The molecular weight excluding hydrogens is 215 g/mol. The minimum absolute atomic E-state index is 0.274.